The number of carbonyl (C=O) groups excluding carboxylic acids is 2. The lowest BCUT2D eigenvalue weighted by Crippen LogP contribution is -2.41. The molecule has 1 aromatic carbocycles. The molecular weight excluding hydrogens is 295 g/mol. The maximum Gasteiger partial charge on any atom is 0.495 e. The van der Waals surface area contributed by atoms with Gasteiger partial charge in [0.25, 0.3) is 0 Å². The van der Waals surface area contributed by atoms with Gasteiger partial charge in [-0.05, 0) is 45.3 Å². The molecular formula is C17H25BO5. The minimum Gasteiger partial charge on any atom is -0.465 e. The van der Waals surface area contributed by atoms with Gasteiger partial charge in [0.05, 0.1) is 23.9 Å². The monoisotopic (exact) mass is 320 g/mol. The average Bonchev–Trinajstić information content (AvgIpc) is 2.75. The molecule has 0 spiro atoms. The molecule has 1 aliphatic heterocycles. The van der Waals surface area contributed by atoms with Gasteiger partial charge in [-0.15, -0.1) is 0 Å². The number of hydrogen-bond donors (Lipinski definition) is 0. The standard InChI is InChI=1S/C15H19BO5.C2H6/c1-14(2)15(3,4)21-16(20-14)12-7-6-10(13(18)19-5)8-11(12)9-17;1-2/h6-9H,1-5H3;1-2H3. The van der Waals surface area contributed by atoms with E-state index in [0.717, 1.165) is 0 Å². The Labute approximate surface area is 138 Å². The fourth-order valence-corrected chi connectivity index (χ4v) is 2.11. The summed E-state index contributed by atoms with van der Waals surface area (Å²) >= 11 is 0. The molecule has 0 aliphatic carbocycles. The van der Waals surface area contributed by atoms with E-state index in [-0.39, 0.29) is 0 Å². The smallest absolute Gasteiger partial charge is 0.465 e. The zero-order valence-electron chi connectivity index (χ0n) is 14.9. The topological polar surface area (TPSA) is 61.8 Å². The number of benzene rings is 1. The number of methoxy groups -OCH3 is 1. The van der Waals surface area contributed by atoms with Crippen molar-refractivity contribution in [2.45, 2.75) is 52.7 Å². The van der Waals surface area contributed by atoms with Gasteiger partial charge < -0.3 is 14.0 Å². The molecule has 1 saturated heterocycles. The van der Waals surface area contributed by atoms with Crippen LogP contribution in [0.2, 0.25) is 0 Å². The molecule has 0 atom stereocenters. The first-order chi connectivity index (χ1) is 10.7. The van der Waals surface area contributed by atoms with Gasteiger partial charge in [-0.1, -0.05) is 19.9 Å². The van der Waals surface area contributed by atoms with Crippen LogP contribution in [0.4, 0.5) is 0 Å². The molecule has 0 bridgehead atoms. The Hall–Kier alpha value is -1.66. The van der Waals surface area contributed by atoms with E-state index in [1.54, 1.807) is 12.1 Å². The third-order valence-corrected chi connectivity index (χ3v) is 4.14. The number of aldehydes is 1. The molecule has 126 valence electrons. The van der Waals surface area contributed by atoms with Crippen molar-refractivity contribution < 1.29 is 23.6 Å². The van der Waals surface area contributed by atoms with Crippen molar-refractivity contribution in [1.82, 2.24) is 0 Å². The van der Waals surface area contributed by atoms with Crippen LogP contribution in [0.1, 0.15) is 62.3 Å². The molecule has 2 rings (SSSR count). The van der Waals surface area contributed by atoms with Gasteiger partial charge in [0, 0.05) is 5.56 Å². The van der Waals surface area contributed by atoms with Crippen LogP contribution in [0, 0.1) is 0 Å². The van der Waals surface area contributed by atoms with Crippen LogP contribution >= 0.6 is 0 Å². The fraction of sp³-hybridized carbons (Fsp3) is 0.529. The van der Waals surface area contributed by atoms with Crippen LogP contribution < -0.4 is 5.46 Å². The minimum atomic E-state index is -0.637. The Morgan fingerprint density at radius 1 is 1.13 bits per heavy atom. The number of rotatable bonds is 3. The molecule has 1 heterocycles. The van der Waals surface area contributed by atoms with E-state index in [1.807, 2.05) is 41.5 Å². The highest BCUT2D eigenvalue weighted by Gasteiger charge is 2.52. The number of carbonyl (C=O) groups is 2. The second-order valence-corrected chi connectivity index (χ2v) is 6.04. The van der Waals surface area contributed by atoms with Crippen molar-refractivity contribution in [3.8, 4) is 0 Å². The third-order valence-electron chi connectivity index (χ3n) is 4.14. The molecule has 6 heteroatoms. The molecule has 0 aromatic heterocycles. The van der Waals surface area contributed by atoms with E-state index < -0.39 is 24.3 Å². The highest BCUT2D eigenvalue weighted by atomic mass is 16.7. The Bertz CT molecular complexity index is 564. The van der Waals surface area contributed by atoms with Gasteiger partial charge in [0.1, 0.15) is 6.29 Å². The first kappa shape index (κ1) is 19.4. The number of hydrogen-bond acceptors (Lipinski definition) is 5. The normalized spacial score (nSPS) is 18.0. The summed E-state index contributed by atoms with van der Waals surface area (Å²) in [5, 5.41) is 0. The highest BCUT2D eigenvalue weighted by Crippen LogP contribution is 2.36. The van der Waals surface area contributed by atoms with Crippen molar-refractivity contribution in [2.24, 2.45) is 0 Å². The van der Waals surface area contributed by atoms with Gasteiger partial charge in [-0.25, -0.2) is 4.79 Å². The van der Waals surface area contributed by atoms with E-state index in [9.17, 15) is 9.59 Å². The summed E-state index contributed by atoms with van der Waals surface area (Å²) in [5.41, 5.74) is 0.310. The lowest BCUT2D eigenvalue weighted by Gasteiger charge is -2.32. The molecule has 1 fully saturated rings. The second kappa shape index (κ2) is 7.28. The maximum atomic E-state index is 11.5. The Kier molecular flexibility index (Phi) is 6.14. The summed E-state index contributed by atoms with van der Waals surface area (Å²) in [6.07, 6.45) is 0.687. The van der Waals surface area contributed by atoms with Gasteiger partial charge in [-0.3, -0.25) is 4.79 Å². The minimum absolute atomic E-state index is 0.319. The molecule has 1 aliphatic rings. The van der Waals surface area contributed by atoms with Crippen LogP contribution in [0.25, 0.3) is 0 Å². The summed E-state index contributed by atoms with van der Waals surface area (Å²) < 4.78 is 16.5. The molecule has 0 unspecified atom stereocenters. The van der Waals surface area contributed by atoms with Gasteiger partial charge >= 0.3 is 13.1 Å². The van der Waals surface area contributed by atoms with Crippen molar-refractivity contribution >= 4 is 24.8 Å². The Balaban J connectivity index is 0.00000127. The Morgan fingerprint density at radius 2 is 1.65 bits per heavy atom. The van der Waals surface area contributed by atoms with E-state index in [2.05, 4.69) is 4.74 Å². The van der Waals surface area contributed by atoms with Crippen LogP contribution in [-0.4, -0.2) is 37.7 Å². The lowest BCUT2D eigenvalue weighted by atomic mass is 9.75. The lowest BCUT2D eigenvalue weighted by molar-refractivity contribution is 0.00578. The molecule has 0 saturated carbocycles. The second-order valence-electron chi connectivity index (χ2n) is 6.04. The zero-order valence-corrected chi connectivity index (χ0v) is 14.9. The summed E-state index contributed by atoms with van der Waals surface area (Å²) in [7, 11) is 0.660. The molecule has 0 radical (unpaired) electrons. The van der Waals surface area contributed by atoms with Crippen LogP contribution in [-0.2, 0) is 14.0 Å². The van der Waals surface area contributed by atoms with E-state index in [0.29, 0.717) is 22.9 Å². The van der Waals surface area contributed by atoms with E-state index in [1.165, 1.54) is 13.2 Å². The van der Waals surface area contributed by atoms with Gasteiger partial charge in [0.2, 0.25) is 0 Å². The summed E-state index contributed by atoms with van der Waals surface area (Å²) in [6.45, 7) is 11.8. The summed E-state index contributed by atoms with van der Waals surface area (Å²) in [4.78, 5) is 22.8. The van der Waals surface area contributed by atoms with E-state index in [4.69, 9.17) is 9.31 Å². The van der Waals surface area contributed by atoms with Crippen LogP contribution in [0.5, 0.6) is 0 Å². The van der Waals surface area contributed by atoms with Crippen molar-refractivity contribution in [1.29, 1.82) is 0 Å². The van der Waals surface area contributed by atoms with Gasteiger partial charge in [-0.2, -0.15) is 0 Å². The van der Waals surface area contributed by atoms with Crippen molar-refractivity contribution in [3.63, 3.8) is 0 Å². The quantitative estimate of drug-likeness (QED) is 0.487. The van der Waals surface area contributed by atoms with Crippen molar-refractivity contribution in [2.75, 3.05) is 7.11 Å². The zero-order chi connectivity index (χ0) is 17.8. The van der Waals surface area contributed by atoms with E-state index >= 15 is 0 Å². The third kappa shape index (κ3) is 3.82. The summed E-state index contributed by atoms with van der Waals surface area (Å²) in [5.74, 6) is -0.487. The first-order valence-electron chi connectivity index (χ1n) is 7.75. The predicted octanol–water partition coefficient (Wildman–Crippen LogP) is 2.61. The average molecular weight is 320 g/mol. The largest absolute Gasteiger partial charge is 0.495 e. The molecule has 23 heavy (non-hydrogen) atoms. The van der Waals surface area contributed by atoms with Crippen LogP contribution in [0.15, 0.2) is 18.2 Å². The molecule has 5 nitrogen and oxygen atoms in total. The summed E-state index contributed by atoms with van der Waals surface area (Å²) in [6, 6.07) is 4.75. The van der Waals surface area contributed by atoms with Crippen LogP contribution in [0.3, 0.4) is 0 Å². The SMILES string of the molecule is CC.COC(=O)c1ccc(B2OC(C)(C)C(C)(C)O2)c(C=O)c1. The molecule has 0 amide bonds. The first-order valence-corrected chi connectivity index (χ1v) is 7.75. The van der Waals surface area contributed by atoms with Crippen molar-refractivity contribution in [3.05, 3.63) is 29.3 Å². The highest BCUT2D eigenvalue weighted by molar-refractivity contribution is 6.63. The fourth-order valence-electron chi connectivity index (χ4n) is 2.11. The number of ether oxygens (including phenoxy) is 1. The van der Waals surface area contributed by atoms with Gasteiger partial charge in [0.15, 0.2) is 0 Å². The maximum absolute atomic E-state index is 11.5. The molecule has 1 aromatic rings. The predicted molar refractivity (Wildman–Crippen MR) is 90.2 cm³/mol. The molecule has 0 N–H and O–H groups in total. The Morgan fingerprint density at radius 3 is 2.09 bits per heavy atom. The number of esters is 1.